The van der Waals surface area contributed by atoms with E-state index in [-0.39, 0.29) is 11.4 Å². The second kappa shape index (κ2) is 7.65. The molecule has 0 radical (unpaired) electrons. The van der Waals surface area contributed by atoms with Crippen molar-refractivity contribution >= 4 is 17.7 Å². The number of nitrogens with zero attached hydrogens (tertiary/aromatic N) is 1. The van der Waals surface area contributed by atoms with Gasteiger partial charge in [0.15, 0.2) is 0 Å². The summed E-state index contributed by atoms with van der Waals surface area (Å²) in [6.07, 6.45) is -3.89. The summed E-state index contributed by atoms with van der Waals surface area (Å²) < 4.78 is 46.1. The SMILES string of the molecule is COC(=O)[C@@](NC(=O)c1ccc(C)cc1)(Nc1ccc(C)cn1)C(F)(F)F. The van der Waals surface area contributed by atoms with Crippen LogP contribution in [0.2, 0.25) is 0 Å². The molecule has 144 valence electrons. The number of benzene rings is 1. The molecule has 0 aliphatic rings. The number of nitrogens with one attached hydrogen (secondary N) is 2. The van der Waals surface area contributed by atoms with Gasteiger partial charge in [0.2, 0.25) is 0 Å². The predicted octanol–water partition coefficient (Wildman–Crippen LogP) is 2.97. The largest absolute Gasteiger partial charge is 0.466 e. The zero-order valence-corrected chi connectivity index (χ0v) is 14.8. The molecule has 27 heavy (non-hydrogen) atoms. The van der Waals surface area contributed by atoms with E-state index in [1.807, 2.05) is 5.32 Å². The lowest BCUT2D eigenvalue weighted by Gasteiger charge is -2.34. The molecule has 0 saturated carbocycles. The van der Waals surface area contributed by atoms with E-state index in [1.54, 1.807) is 31.3 Å². The van der Waals surface area contributed by atoms with Crippen LogP contribution >= 0.6 is 0 Å². The van der Waals surface area contributed by atoms with E-state index in [4.69, 9.17) is 0 Å². The molecule has 0 aliphatic carbocycles. The lowest BCUT2D eigenvalue weighted by molar-refractivity contribution is -0.203. The average Bonchev–Trinajstić information content (AvgIpc) is 2.61. The van der Waals surface area contributed by atoms with Gasteiger partial charge in [-0.25, -0.2) is 9.78 Å². The van der Waals surface area contributed by atoms with E-state index in [9.17, 15) is 22.8 Å². The van der Waals surface area contributed by atoms with Gasteiger partial charge >= 0.3 is 17.8 Å². The molecule has 1 heterocycles. The highest BCUT2D eigenvalue weighted by Gasteiger charge is 2.63. The first-order chi connectivity index (χ1) is 12.6. The maximum atomic E-state index is 13.9. The Morgan fingerprint density at radius 1 is 1.00 bits per heavy atom. The fourth-order valence-electron chi connectivity index (χ4n) is 2.23. The number of pyridine rings is 1. The predicted molar refractivity (Wildman–Crippen MR) is 92.0 cm³/mol. The number of ether oxygens (including phenoxy) is 1. The molecule has 2 rings (SSSR count). The molecule has 0 fully saturated rings. The monoisotopic (exact) mass is 381 g/mol. The van der Waals surface area contributed by atoms with E-state index in [1.165, 1.54) is 30.5 Å². The minimum atomic E-state index is -5.22. The first kappa shape index (κ1) is 20.2. The Kier molecular flexibility index (Phi) is 5.72. The molecular weight excluding hydrogens is 363 g/mol. The zero-order chi connectivity index (χ0) is 20.2. The van der Waals surface area contributed by atoms with E-state index in [0.29, 0.717) is 5.56 Å². The number of carbonyl (C=O) groups excluding carboxylic acids is 2. The smallest absolute Gasteiger partial charge is 0.441 e. The molecule has 2 N–H and O–H groups in total. The standard InChI is InChI=1S/C18H18F3N3O3/c1-11-4-7-13(8-5-11)15(25)24-17(16(26)27-3,18(19,20)21)23-14-9-6-12(2)10-22-14/h4-10H,1-3H3,(H,22,23)(H,24,25)/t17-/m0/s1. The van der Waals surface area contributed by atoms with Crippen molar-refractivity contribution in [2.45, 2.75) is 25.7 Å². The van der Waals surface area contributed by atoms with Crippen LogP contribution in [0.25, 0.3) is 0 Å². The summed E-state index contributed by atoms with van der Waals surface area (Å²) in [6, 6.07) is 8.61. The van der Waals surface area contributed by atoms with Gasteiger partial charge in [0.1, 0.15) is 5.82 Å². The second-order valence-corrected chi connectivity index (χ2v) is 5.91. The van der Waals surface area contributed by atoms with Crippen LogP contribution in [0.5, 0.6) is 0 Å². The number of methoxy groups -OCH3 is 1. The van der Waals surface area contributed by atoms with Crippen molar-refractivity contribution in [3.63, 3.8) is 0 Å². The van der Waals surface area contributed by atoms with Gasteiger partial charge in [0, 0.05) is 11.8 Å². The Bertz CT molecular complexity index is 820. The number of anilines is 1. The van der Waals surface area contributed by atoms with Crippen LogP contribution in [0.1, 0.15) is 21.5 Å². The number of alkyl halides is 3. The van der Waals surface area contributed by atoms with Gasteiger partial charge in [-0.1, -0.05) is 23.8 Å². The zero-order valence-electron chi connectivity index (χ0n) is 14.8. The van der Waals surface area contributed by atoms with Gasteiger partial charge < -0.3 is 15.4 Å². The first-order valence-corrected chi connectivity index (χ1v) is 7.84. The van der Waals surface area contributed by atoms with Crippen LogP contribution in [0.15, 0.2) is 42.6 Å². The van der Waals surface area contributed by atoms with Gasteiger partial charge in [-0.3, -0.25) is 4.79 Å². The third-order valence-corrected chi connectivity index (χ3v) is 3.76. The van der Waals surface area contributed by atoms with Crippen molar-refractivity contribution in [1.29, 1.82) is 0 Å². The van der Waals surface area contributed by atoms with Gasteiger partial charge in [0.25, 0.3) is 5.91 Å². The Hall–Kier alpha value is -3.10. The first-order valence-electron chi connectivity index (χ1n) is 7.84. The molecule has 0 saturated heterocycles. The van der Waals surface area contributed by atoms with Crippen LogP contribution in [-0.4, -0.2) is 35.8 Å². The molecule has 0 bridgehead atoms. The van der Waals surface area contributed by atoms with Gasteiger partial charge in [-0.05, 0) is 37.6 Å². The summed E-state index contributed by atoms with van der Waals surface area (Å²) in [5.74, 6) is -3.08. The second-order valence-electron chi connectivity index (χ2n) is 5.91. The maximum Gasteiger partial charge on any atom is 0.441 e. The van der Waals surface area contributed by atoms with Crippen molar-refractivity contribution in [3.8, 4) is 0 Å². The molecule has 6 nitrogen and oxygen atoms in total. The summed E-state index contributed by atoms with van der Waals surface area (Å²) in [6.45, 7) is 3.47. The fraction of sp³-hybridized carbons (Fsp3) is 0.278. The highest BCUT2D eigenvalue weighted by Crippen LogP contribution is 2.33. The van der Waals surface area contributed by atoms with Crippen LogP contribution in [0.3, 0.4) is 0 Å². The van der Waals surface area contributed by atoms with Gasteiger partial charge in [0.05, 0.1) is 7.11 Å². The number of halogens is 3. The number of aromatic nitrogens is 1. The number of aryl methyl sites for hydroxylation is 2. The summed E-state index contributed by atoms with van der Waals surface area (Å²) in [5, 5.41) is 3.71. The van der Waals surface area contributed by atoms with Crippen LogP contribution in [0, 0.1) is 13.8 Å². The Morgan fingerprint density at radius 2 is 1.59 bits per heavy atom. The van der Waals surface area contributed by atoms with Crippen LogP contribution in [0.4, 0.5) is 19.0 Å². The lowest BCUT2D eigenvalue weighted by atomic mass is 10.1. The summed E-state index contributed by atoms with van der Waals surface area (Å²) >= 11 is 0. The van der Waals surface area contributed by atoms with Gasteiger partial charge in [-0.15, -0.1) is 0 Å². The number of hydrogen-bond acceptors (Lipinski definition) is 5. The molecule has 0 unspecified atom stereocenters. The van der Waals surface area contributed by atoms with E-state index in [0.717, 1.165) is 12.7 Å². The Labute approximate surface area is 153 Å². The maximum absolute atomic E-state index is 13.9. The topological polar surface area (TPSA) is 80.3 Å². The minimum absolute atomic E-state index is 0.0446. The molecule has 1 atom stereocenters. The number of esters is 1. The third kappa shape index (κ3) is 4.36. The quantitative estimate of drug-likeness (QED) is 0.615. The number of carbonyl (C=O) groups is 2. The summed E-state index contributed by atoms with van der Waals surface area (Å²) in [7, 11) is 0.797. The van der Waals surface area contributed by atoms with Gasteiger partial charge in [-0.2, -0.15) is 13.2 Å². The molecule has 0 aliphatic heterocycles. The molecule has 1 amide bonds. The third-order valence-electron chi connectivity index (χ3n) is 3.76. The molecule has 1 aromatic heterocycles. The summed E-state index contributed by atoms with van der Waals surface area (Å²) in [4.78, 5) is 28.3. The van der Waals surface area contributed by atoms with Crippen molar-refractivity contribution in [2.24, 2.45) is 0 Å². The minimum Gasteiger partial charge on any atom is -0.466 e. The molecule has 0 spiro atoms. The van der Waals surface area contributed by atoms with Crippen molar-refractivity contribution in [1.82, 2.24) is 10.3 Å². The Balaban J connectivity index is 2.46. The average molecular weight is 381 g/mol. The fourth-order valence-corrected chi connectivity index (χ4v) is 2.23. The molecule has 2 aromatic rings. The van der Waals surface area contributed by atoms with Crippen molar-refractivity contribution in [2.75, 3.05) is 12.4 Å². The highest BCUT2D eigenvalue weighted by molar-refractivity contribution is 5.99. The number of hydrogen-bond donors (Lipinski definition) is 2. The van der Waals surface area contributed by atoms with Crippen LogP contribution in [-0.2, 0) is 9.53 Å². The highest BCUT2D eigenvalue weighted by atomic mass is 19.4. The Morgan fingerprint density at radius 3 is 2.07 bits per heavy atom. The molecule has 1 aromatic carbocycles. The van der Waals surface area contributed by atoms with E-state index in [2.05, 4.69) is 9.72 Å². The molecular formula is C18H18F3N3O3. The van der Waals surface area contributed by atoms with Crippen molar-refractivity contribution in [3.05, 3.63) is 59.3 Å². The normalized spacial score (nSPS) is 13.4. The van der Waals surface area contributed by atoms with Crippen LogP contribution < -0.4 is 10.6 Å². The number of rotatable bonds is 5. The van der Waals surface area contributed by atoms with Crippen molar-refractivity contribution < 1.29 is 27.5 Å². The van der Waals surface area contributed by atoms with E-state index >= 15 is 0 Å². The molecule has 9 heteroatoms. The lowest BCUT2D eigenvalue weighted by Crippen LogP contribution is -2.69. The summed E-state index contributed by atoms with van der Waals surface area (Å²) in [5.41, 5.74) is -2.02. The van der Waals surface area contributed by atoms with E-state index < -0.39 is 23.7 Å². The number of amides is 1.